The summed E-state index contributed by atoms with van der Waals surface area (Å²) >= 11 is 0. The van der Waals surface area contributed by atoms with Crippen molar-refractivity contribution in [3.8, 4) is 5.75 Å². The number of benzene rings is 2. The second-order valence-electron chi connectivity index (χ2n) is 7.70. The zero-order chi connectivity index (χ0) is 21.5. The highest BCUT2D eigenvalue weighted by Gasteiger charge is 2.41. The normalized spacial score (nSPS) is 22.8. The Morgan fingerprint density at radius 2 is 1.90 bits per heavy atom. The van der Waals surface area contributed by atoms with Crippen LogP contribution in [0.25, 0.3) is 0 Å². The second-order valence-corrected chi connectivity index (χ2v) is 7.70. The van der Waals surface area contributed by atoms with Crippen molar-refractivity contribution in [3.63, 3.8) is 0 Å². The van der Waals surface area contributed by atoms with Gasteiger partial charge < -0.3 is 20.7 Å². The van der Waals surface area contributed by atoms with Gasteiger partial charge in [-0.15, -0.1) is 5.10 Å². The van der Waals surface area contributed by atoms with Crippen molar-refractivity contribution in [3.05, 3.63) is 71.8 Å². The molecule has 0 saturated carbocycles. The minimum Gasteiger partial charge on any atom is -0.490 e. The molecular weight excluding hydrogens is 396 g/mol. The number of rotatable bonds is 3. The predicted octanol–water partition coefficient (Wildman–Crippen LogP) is 1.28. The molecule has 3 atom stereocenters. The third kappa shape index (κ3) is 3.23. The summed E-state index contributed by atoms with van der Waals surface area (Å²) in [5, 5.41) is 7.85. The van der Waals surface area contributed by atoms with Crippen molar-refractivity contribution in [1.29, 1.82) is 0 Å². The molecule has 3 aromatic rings. The van der Waals surface area contributed by atoms with E-state index in [0.717, 1.165) is 11.3 Å². The number of carbonyl (C=O) groups is 2. The van der Waals surface area contributed by atoms with Gasteiger partial charge in [0.15, 0.2) is 0 Å². The van der Waals surface area contributed by atoms with Crippen molar-refractivity contribution in [2.24, 2.45) is 11.7 Å². The van der Waals surface area contributed by atoms with Crippen LogP contribution in [-0.2, 0) is 4.79 Å². The smallest absolute Gasteiger partial charge is 0.288 e. The van der Waals surface area contributed by atoms with E-state index in [1.165, 1.54) is 0 Å². The van der Waals surface area contributed by atoms with Crippen LogP contribution >= 0.6 is 0 Å². The molecule has 9 nitrogen and oxygen atoms in total. The van der Waals surface area contributed by atoms with Gasteiger partial charge >= 0.3 is 0 Å². The fraction of sp³-hybridized carbons (Fsp3) is 0.273. The van der Waals surface area contributed by atoms with Crippen LogP contribution in [0, 0.1) is 5.92 Å². The maximum Gasteiger partial charge on any atom is 0.288 e. The number of hydrogen-bond acceptors (Lipinski definition) is 6. The molecule has 0 spiro atoms. The van der Waals surface area contributed by atoms with E-state index < -0.39 is 11.8 Å². The van der Waals surface area contributed by atoms with Gasteiger partial charge in [0.25, 0.3) is 5.91 Å². The Bertz CT molecular complexity index is 1150. The van der Waals surface area contributed by atoms with Gasteiger partial charge in [0.05, 0.1) is 23.7 Å². The Kier molecular flexibility index (Phi) is 4.67. The van der Waals surface area contributed by atoms with E-state index in [1.54, 1.807) is 16.6 Å². The number of aromatic nitrogens is 3. The number of primary amides is 1. The molecule has 158 valence electrons. The second kappa shape index (κ2) is 7.51. The van der Waals surface area contributed by atoms with Crippen molar-refractivity contribution < 1.29 is 14.3 Å². The van der Waals surface area contributed by atoms with E-state index in [-0.39, 0.29) is 30.4 Å². The number of anilines is 1. The molecule has 2 aromatic carbocycles. The van der Waals surface area contributed by atoms with Gasteiger partial charge in [0, 0.05) is 13.6 Å². The van der Waals surface area contributed by atoms with E-state index in [2.05, 4.69) is 15.4 Å². The zero-order valence-electron chi connectivity index (χ0n) is 16.9. The number of hydrogen-bond donors (Lipinski definition) is 2. The summed E-state index contributed by atoms with van der Waals surface area (Å²) in [4.78, 5) is 31.2. The lowest BCUT2D eigenvalue weighted by molar-refractivity contribution is -0.124. The highest BCUT2D eigenvalue weighted by molar-refractivity contribution is 5.97. The number of para-hydroxylation sites is 2. The summed E-state index contributed by atoms with van der Waals surface area (Å²) in [6.07, 6.45) is 0. The summed E-state index contributed by atoms with van der Waals surface area (Å²) in [5.41, 5.74) is 7.17. The Labute approximate surface area is 178 Å². The SMILES string of the molecule is CN1C(=O)[C@@H](C2CNC(c3ccccc3)c3nc(C(N)=O)nn32)COc2ccccc21. The molecule has 2 unspecified atom stereocenters. The van der Waals surface area contributed by atoms with Gasteiger partial charge in [-0.3, -0.25) is 9.59 Å². The van der Waals surface area contributed by atoms with Gasteiger partial charge in [0.1, 0.15) is 18.2 Å². The molecule has 2 aliphatic rings. The van der Waals surface area contributed by atoms with Crippen LogP contribution in [0.4, 0.5) is 5.69 Å². The van der Waals surface area contributed by atoms with Gasteiger partial charge in [-0.25, -0.2) is 9.67 Å². The van der Waals surface area contributed by atoms with Crippen molar-refractivity contribution in [2.45, 2.75) is 12.1 Å². The first kappa shape index (κ1) is 19.3. The third-order valence-electron chi connectivity index (χ3n) is 5.87. The molecule has 31 heavy (non-hydrogen) atoms. The number of ether oxygens (including phenoxy) is 1. The van der Waals surface area contributed by atoms with Crippen LogP contribution in [0.2, 0.25) is 0 Å². The van der Waals surface area contributed by atoms with Gasteiger partial charge in [-0.1, -0.05) is 42.5 Å². The quantitative estimate of drug-likeness (QED) is 0.662. The first-order valence-corrected chi connectivity index (χ1v) is 10.1. The summed E-state index contributed by atoms with van der Waals surface area (Å²) in [7, 11) is 1.74. The van der Waals surface area contributed by atoms with Crippen molar-refractivity contribution >= 4 is 17.5 Å². The maximum atomic E-state index is 13.4. The van der Waals surface area contributed by atoms with Crippen LogP contribution in [0.1, 0.15) is 34.1 Å². The number of nitrogens with zero attached hydrogens (tertiary/aromatic N) is 4. The highest BCUT2D eigenvalue weighted by Crippen LogP contribution is 2.37. The molecule has 0 aliphatic carbocycles. The molecule has 3 heterocycles. The summed E-state index contributed by atoms with van der Waals surface area (Å²) in [6.45, 7) is 0.645. The molecular formula is C22H22N6O3. The summed E-state index contributed by atoms with van der Waals surface area (Å²) < 4.78 is 7.66. The molecule has 9 heteroatoms. The number of nitrogens with one attached hydrogen (secondary N) is 1. The first-order chi connectivity index (χ1) is 15.0. The molecule has 0 radical (unpaired) electrons. The number of fused-ring (bicyclic) bond motifs is 2. The standard InChI is InChI=1S/C22H22N6O3/c1-27-15-9-5-6-10-17(15)31-12-14(22(27)30)16-11-24-18(13-7-3-2-4-8-13)21-25-20(19(23)29)26-28(16)21/h2-10,14,16,18,24H,11-12H2,1H3,(H2,23,29)/t14-,16?,18?/m1/s1. The summed E-state index contributed by atoms with van der Waals surface area (Å²) in [6, 6.07) is 16.5. The van der Waals surface area contributed by atoms with E-state index in [9.17, 15) is 9.59 Å². The average molecular weight is 418 g/mol. The van der Waals surface area contributed by atoms with Crippen molar-refractivity contribution in [2.75, 3.05) is 25.1 Å². The van der Waals surface area contributed by atoms with Crippen LogP contribution in [-0.4, -0.2) is 46.8 Å². The molecule has 2 amide bonds. The molecule has 0 fully saturated rings. The number of nitrogens with two attached hydrogens (primary N) is 1. The topological polar surface area (TPSA) is 115 Å². The van der Waals surface area contributed by atoms with Crippen LogP contribution < -0.4 is 20.7 Å². The van der Waals surface area contributed by atoms with Gasteiger partial charge in [0.2, 0.25) is 11.7 Å². The zero-order valence-corrected chi connectivity index (χ0v) is 16.9. The third-order valence-corrected chi connectivity index (χ3v) is 5.87. The highest BCUT2D eigenvalue weighted by atomic mass is 16.5. The Hall–Kier alpha value is -3.72. The van der Waals surface area contributed by atoms with Crippen LogP contribution in [0.3, 0.4) is 0 Å². The van der Waals surface area contributed by atoms with E-state index in [0.29, 0.717) is 18.1 Å². The van der Waals surface area contributed by atoms with Crippen molar-refractivity contribution in [1.82, 2.24) is 20.1 Å². The fourth-order valence-electron chi connectivity index (χ4n) is 4.27. The summed E-state index contributed by atoms with van der Waals surface area (Å²) in [5.74, 6) is -0.180. The Balaban J connectivity index is 1.54. The van der Waals surface area contributed by atoms with Gasteiger partial charge in [-0.05, 0) is 17.7 Å². The average Bonchev–Trinajstić information content (AvgIpc) is 3.21. The lowest BCUT2D eigenvalue weighted by atomic mass is 9.95. The predicted molar refractivity (Wildman–Crippen MR) is 113 cm³/mol. The van der Waals surface area contributed by atoms with Crippen LogP contribution in [0.5, 0.6) is 5.75 Å². The molecule has 1 aromatic heterocycles. The fourth-order valence-corrected chi connectivity index (χ4v) is 4.27. The van der Waals surface area contributed by atoms with Crippen LogP contribution in [0.15, 0.2) is 54.6 Å². The molecule has 0 saturated heterocycles. The molecule has 0 bridgehead atoms. The molecule has 3 N–H and O–H groups in total. The lowest BCUT2D eigenvalue weighted by Gasteiger charge is -2.34. The Morgan fingerprint density at radius 3 is 2.68 bits per heavy atom. The first-order valence-electron chi connectivity index (χ1n) is 10.1. The van der Waals surface area contributed by atoms with E-state index >= 15 is 0 Å². The van der Waals surface area contributed by atoms with E-state index in [1.807, 2.05) is 54.6 Å². The molecule has 5 rings (SSSR count). The van der Waals surface area contributed by atoms with E-state index in [4.69, 9.17) is 10.5 Å². The number of amides is 2. The minimum atomic E-state index is -0.708. The molecule has 2 aliphatic heterocycles. The maximum absolute atomic E-state index is 13.4. The van der Waals surface area contributed by atoms with Gasteiger partial charge in [-0.2, -0.15) is 0 Å². The lowest BCUT2D eigenvalue weighted by Crippen LogP contribution is -2.47. The monoisotopic (exact) mass is 418 g/mol. The minimum absolute atomic E-state index is 0.0664. The Morgan fingerprint density at radius 1 is 1.16 bits per heavy atom. The largest absolute Gasteiger partial charge is 0.490 e. The number of carbonyl (C=O) groups excluding carboxylic acids is 2.